The Kier molecular flexibility index (Phi) is 8.15. The van der Waals surface area contributed by atoms with Crippen molar-refractivity contribution < 1.29 is 24.1 Å². The molecule has 0 saturated carbocycles. The maximum atomic E-state index is 14.4. The Morgan fingerprint density at radius 3 is 2.63 bits per heavy atom. The first kappa shape index (κ1) is 26.5. The van der Waals surface area contributed by atoms with E-state index >= 15 is 0 Å². The summed E-state index contributed by atoms with van der Waals surface area (Å²) in [7, 11) is 0. The molecule has 0 saturated heterocycles. The average molecular weight is 536 g/mol. The van der Waals surface area contributed by atoms with Crippen LogP contribution in [-0.4, -0.2) is 49.1 Å². The number of nitrogens with one attached hydrogen (secondary N) is 1. The number of carboxylic acids is 1. The lowest BCUT2D eigenvalue weighted by Crippen LogP contribution is -2.07. The van der Waals surface area contributed by atoms with Gasteiger partial charge >= 0.3 is 5.97 Å². The predicted octanol–water partition coefficient (Wildman–Crippen LogP) is 4.92. The van der Waals surface area contributed by atoms with E-state index in [1.165, 1.54) is 30.7 Å². The number of para-hydroxylation sites is 1. The monoisotopic (exact) mass is 535 g/mol. The normalized spacial score (nSPS) is 10.7. The van der Waals surface area contributed by atoms with E-state index in [2.05, 4.69) is 15.3 Å². The largest absolute Gasteiger partial charge is 0.487 e. The van der Waals surface area contributed by atoms with Crippen LogP contribution in [0.5, 0.6) is 5.75 Å². The van der Waals surface area contributed by atoms with Gasteiger partial charge in [-0.15, -0.1) is 12.4 Å². The number of nitrogens with zero attached hydrogens (tertiary/aromatic N) is 4. The van der Waals surface area contributed by atoms with Crippen LogP contribution in [0.25, 0.3) is 22.3 Å². The third-order valence-electron chi connectivity index (χ3n) is 5.72. The molecular weight excluding hydrogens is 513 g/mol. The molecule has 0 amide bonds. The fourth-order valence-electron chi connectivity index (χ4n) is 3.98. The Morgan fingerprint density at radius 1 is 1.05 bits per heavy atom. The summed E-state index contributed by atoms with van der Waals surface area (Å²) in [6.07, 6.45) is 4.21. The lowest BCUT2D eigenvalue weighted by atomic mass is 10.1. The second kappa shape index (κ2) is 11.7. The maximum Gasteiger partial charge on any atom is 0.339 e. The van der Waals surface area contributed by atoms with Crippen molar-refractivity contribution >= 4 is 40.7 Å². The van der Waals surface area contributed by atoms with Gasteiger partial charge < -0.3 is 20.3 Å². The molecule has 38 heavy (non-hydrogen) atoms. The summed E-state index contributed by atoms with van der Waals surface area (Å²) in [5.41, 5.74) is 3.09. The molecule has 3 N–H and O–H groups in total. The van der Waals surface area contributed by atoms with Crippen LogP contribution in [0, 0.1) is 5.82 Å². The number of fused-ring (bicyclic) bond motifs is 1. The van der Waals surface area contributed by atoms with Crippen LogP contribution in [0.3, 0.4) is 0 Å². The van der Waals surface area contributed by atoms with Crippen LogP contribution >= 0.6 is 12.4 Å². The minimum Gasteiger partial charge on any atom is -0.487 e. The molecule has 2 aromatic carbocycles. The zero-order chi connectivity index (χ0) is 25.8. The summed E-state index contributed by atoms with van der Waals surface area (Å²) in [6, 6.07) is 17.4. The number of halogens is 2. The van der Waals surface area contributed by atoms with Gasteiger partial charge in [0, 0.05) is 23.3 Å². The minimum atomic E-state index is -1.14. The summed E-state index contributed by atoms with van der Waals surface area (Å²) >= 11 is 0. The number of benzene rings is 2. The number of pyridine rings is 2. The topological polar surface area (TPSA) is 122 Å². The molecule has 0 fully saturated rings. The van der Waals surface area contributed by atoms with Gasteiger partial charge in [0.1, 0.15) is 23.7 Å². The highest BCUT2D eigenvalue weighted by Gasteiger charge is 2.18. The van der Waals surface area contributed by atoms with Crippen molar-refractivity contribution in [2.24, 2.45) is 0 Å². The lowest BCUT2D eigenvalue weighted by Gasteiger charge is -2.15. The van der Waals surface area contributed by atoms with E-state index in [1.54, 1.807) is 28.9 Å². The van der Waals surface area contributed by atoms with Gasteiger partial charge in [-0.2, -0.15) is 5.10 Å². The smallest absolute Gasteiger partial charge is 0.339 e. The highest BCUT2D eigenvalue weighted by Crippen LogP contribution is 2.34. The summed E-state index contributed by atoms with van der Waals surface area (Å²) in [6.45, 7) is 0.0505. The van der Waals surface area contributed by atoms with Gasteiger partial charge in [0.2, 0.25) is 0 Å². The summed E-state index contributed by atoms with van der Waals surface area (Å²) in [5.74, 6) is -1.13. The molecule has 11 heteroatoms. The number of ether oxygens (including phenoxy) is 1. The van der Waals surface area contributed by atoms with E-state index in [0.717, 1.165) is 10.9 Å². The molecule has 0 unspecified atom stereocenters. The minimum absolute atomic E-state index is 0. The van der Waals surface area contributed by atoms with E-state index in [0.29, 0.717) is 34.1 Å². The van der Waals surface area contributed by atoms with Crippen molar-refractivity contribution in [3.8, 4) is 17.1 Å². The molecule has 0 radical (unpaired) electrons. The first-order valence-electron chi connectivity index (χ1n) is 11.4. The number of aromatic carboxylic acids is 1. The molecular formula is C27H23ClFN5O4. The lowest BCUT2D eigenvalue weighted by molar-refractivity contribution is 0.0697. The van der Waals surface area contributed by atoms with Crippen molar-refractivity contribution in [3.05, 3.63) is 96.2 Å². The van der Waals surface area contributed by atoms with Gasteiger partial charge in [0.05, 0.1) is 41.9 Å². The van der Waals surface area contributed by atoms with Crippen molar-refractivity contribution in [1.82, 2.24) is 19.7 Å². The number of aliphatic hydroxyl groups excluding tert-OH is 1. The van der Waals surface area contributed by atoms with E-state index in [-0.39, 0.29) is 43.5 Å². The van der Waals surface area contributed by atoms with Gasteiger partial charge in [-0.05, 0) is 24.3 Å². The zero-order valence-corrected chi connectivity index (χ0v) is 20.7. The van der Waals surface area contributed by atoms with Crippen LogP contribution in [0.4, 0.5) is 15.8 Å². The first-order valence-corrected chi connectivity index (χ1v) is 11.4. The third-order valence-corrected chi connectivity index (χ3v) is 5.72. The van der Waals surface area contributed by atoms with E-state index < -0.39 is 5.97 Å². The van der Waals surface area contributed by atoms with Crippen LogP contribution in [0.2, 0.25) is 0 Å². The van der Waals surface area contributed by atoms with Gasteiger partial charge in [-0.3, -0.25) is 14.6 Å². The standard InChI is InChI=1S/C27H22FN5O4.ClH/c28-20-7-3-1-5-17(20)16-33-24-8-4-2-6-18(24)26(32-33)23-13-22(25(15-30-23)37-12-11-34)31-21-9-10-29-14-19(21)27(35)36;/h1-10,13-15,34H,11-12,16H2,(H,35,36)(H,29,30,31);1H. The second-order valence-electron chi connectivity index (χ2n) is 8.10. The van der Waals surface area contributed by atoms with Crippen molar-refractivity contribution in [2.75, 3.05) is 18.5 Å². The Bertz CT molecular complexity index is 1590. The number of rotatable bonds is 9. The second-order valence-corrected chi connectivity index (χ2v) is 8.10. The van der Waals surface area contributed by atoms with E-state index in [1.807, 2.05) is 24.3 Å². The molecule has 5 rings (SSSR count). The maximum absolute atomic E-state index is 14.4. The Hall–Kier alpha value is -4.54. The van der Waals surface area contributed by atoms with Crippen LogP contribution < -0.4 is 10.1 Å². The molecule has 0 aliphatic rings. The number of aliphatic hydroxyl groups is 1. The number of carboxylic acid groups (broad SMARTS) is 1. The number of hydrogen-bond acceptors (Lipinski definition) is 7. The van der Waals surface area contributed by atoms with Crippen molar-refractivity contribution in [3.63, 3.8) is 0 Å². The highest BCUT2D eigenvalue weighted by atomic mass is 35.5. The van der Waals surface area contributed by atoms with Crippen molar-refractivity contribution in [1.29, 1.82) is 0 Å². The molecule has 194 valence electrons. The third kappa shape index (κ3) is 5.41. The number of aromatic nitrogens is 4. The number of carbonyl (C=O) groups is 1. The SMILES string of the molecule is Cl.O=C(O)c1cnccc1Nc1cc(-c2nn(Cc3ccccc3F)c3ccccc23)ncc1OCCO. The van der Waals surface area contributed by atoms with Crippen LogP contribution in [0.15, 0.2) is 79.3 Å². The van der Waals surface area contributed by atoms with Crippen LogP contribution in [0.1, 0.15) is 15.9 Å². The summed E-state index contributed by atoms with van der Waals surface area (Å²) in [4.78, 5) is 20.1. The fraction of sp³-hybridized carbons (Fsp3) is 0.111. The average Bonchev–Trinajstić information content (AvgIpc) is 3.28. The Labute approximate surface area is 223 Å². The predicted molar refractivity (Wildman–Crippen MR) is 143 cm³/mol. The molecule has 0 atom stereocenters. The molecule has 0 spiro atoms. The van der Waals surface area contributed by atoms with Gasteiger partial charge in [0.25, 0.3) is 0 Å². The van der Waals surface area contributed by atoms with E-state index in [4.69, 9.17) is 9.84 Å². The van der Waals surface area contributed by atoms with Gasteiger partial charge in [-0.1, -0.05) is 36.4 Å². The Balaban J connectivity index is 0.00000336. The zero-order valence-electron chi connectivity index (χ0n) is 19.9. The molecule has 3 heterocycles. The van der Waals surface area contributed by atoms with E-state index in [9.17, 15) is 19.4 Å². The first-order chi connectivity index (χ1) is 18.0. The molecule has 3 aromatic heterocycles. The summed E-state index contributed by atoms with van der Waals surface area (Å²) in [5, 5.41) is 27.4. The molecule has 5 aromatic rings. The molecule has 0 aliphatic carbocycles. The fourth-order valence-corrected chi connectivity index (χ4v) is 3.98. The number of hydrogen-bond donors (Lipinski definition) is 3. The summed E-state index contributed by atoms with van der Waals surface area (Å²) < 4.78 is 21.7. The van der Waals surface area contributed by atoms with Crippen molar-refractivity contribution in [2.45, 2.75) is 6.54 Å². The quantitative estimate of drug-likeness (QED) is 0.243. The Morgan fingerprint density at radius 2 is 1.84 bits per heavy atom. The number of anilines is 2. The molecule has 9 nitrogen and oxygen atoms in total. The van der Waals surface area contributed by atoms with Gasteiger partial charge in [-0.25, -0.2) is 9.18 Å². The highest BCUT2D eigenvalue weighted by molar-refractivity contribution is 5.96. The van der Waals surface area contributed by atoms with Crippen LogP contribution in [-0.2, 0) is 6.54 Å². The molecule has 0 aliphatic heterocycles. The molecule has 0 bridgehead atoms. The van der Waals surface area contributed by atoms with Gasteiger partial charge in [0.15, 0.2) is 5.75 Å².